The molecule has 0 aliphatic rings. The van der Waals surface area contributed by atoms with E-state index in [9.17, 15) is 0 Å². The fourth-order valence-corrected chi connectivity index (χ4v) is 5.80. The van der Waals surface area contributed by atoms with Crippen molar-refractivity contribution in [3.8, 4) is 0 Å². The average molecular weight is 385 g/mol. The van der Waals surface area contributed by atoms with Gasteiger partial charge in [0.05, 0.1) is 0 Å². The van der Waals surface area contributed by atoms with E-state index in [1.54, 1.807) is 0 Å². The van der Waals surface area contributed by atoms with Crippen molar-refractivity contribution in [2.24, 2.45) is 0 Å². The molecule has 3 nitrogen and oxygen atoms in total. The monoisotopic (exact) mass is 384 g/mol. The number of rotatable bonds is 8. The van der Waals surface area contributed by atoms with E-state index in [0.29, 0.717) is 19.8 Å². The second kappa shape index (κ2) is 11.2. The smallest absolute Gasteiger partial charge is 0.374 e. The van der Waals surface area contributed by atoms with Crippen molar-refractivity contribution in [1.82, 2.24) is 0 Å². The highest BCUT2D eigenvalue weighted by atomic mass is 28.4. The molecule has 0 aliphatic carbocycles. The van der Waals surface area contributed by atoms with Gasteiger partial charge >= 0.3 is 8.80 Å². The van der Waals surface area contributed by atoms with Gasteiger partial charge < -0.3 is 13.3 Å². The maximum absolute atomic E-state index is 5.65. The van der Waals surface area contributed by atoms with Crippen LogP contribution in [-0.4, -0.2) is 28.6 Å². The summed E-state index contributed by atoms with van der Waals surface area (Å²) in [5, 5.41) is 5.25. The van der Waals surface area contributed by atoms with Crippen LogP contribution in [0.3, 0.4) is 0 Å². The lowest BCUT2D eigenvalue weighted by molar-refractivity contribution is 0.0712. The van der Waals surface area contributed by atoms with Crippen molar-refractivity contribution >= 4 is 30.3 Å². The summed E-state index contributed by atoms with van der Waals surface area (Å²) in [4.78, 5) is 0. The zero-order valence-corrected chi connectivity index (χ0v) is 18.0. The lowest BCUT2D eigenvalue weighted by atomic mass is 10.0. The summed E-state index contributed by atoms with van der Waals surface area (Å²) in [6.07, 6.45) is 1.05. The summed E-state index contributed by atoms with van der Waals surface area (Å²) in [5.74, 6) is 0. The summed E-state index contributed by atoms with van der Waals surface area (Å²) in [7, 11) is -2.30. The fourth-order valence-electron chi connectivity index (χ4n) is 3.19. The molecule has 0 spiro atoms. The SMILES string of the molecule is CCC[Si](OCC)(OCC)OCC.c1ccc2cc3ccccc3cc2c1. The molecule has 0 unspecified atom stereocenters. The molecular formula is C23H32O3Si. The highest BCUT2D eigenvalue weighted by molar-refractivity contribution is 6.60. The van der Waals surface area contributed by atoms with Crippen LogP contribution in [0, 0.1) is 0 Å². The Kier molecular flexibility index (Phi) is 8.95. The summed E-state index contributed by atoms with van der Waals surface area (Å²) >= 11 is 0. The number of hydrogen-bond donors (Lipinski definition) is 0. The van der Waals surface area contributed by atoms with E-state index in [1.165, 1.54) is 21.5 Å². The Morgan fingerprint density at radius 2 is 0.926 bits per heavy atom. The summed E-state index contributed by atoms with van der Waals surface area (Å²) in [5.41, 5.74) is 0. The highest BCUT2D eigenvalue weighted by Crippen LogP contribution is 2.22. The Labute approximate surface area is 164 Å². The van der Waals surface area contributed by atoms with Crippen molar-refractivity contribution < 1.29 is 13.3 Å². The first-order chi connectivity index (χ1) is 13.2. The third-order valence-electron chi connectivity index (χ3n) is 4.26. The van der Waals surface area contributed by atoms with Gasteiger partial charge in [-0.3, -0.25) is 0 Å². The Hall–Kier alpha value is -1.72. The predicted octanol–water partition coefficient (Wildman–Crippen LogP) is 6.44. The summed E-state index contributed by atoms with van der Waals surface area (Å²) in [6.45, 7) is 10.1. The molecule has 0 N–H and O–H groups in total. The van der Waals surface area contributed by atoms with Crippen LogP contribution in [0.5, 0.6) is 0 Å². The molecule has 0 bridgehead atoms. The highest BCUT2D eigenvalue weighted by Gasteiger charge is 2.38. The third kappa shape index (κ3) is 6.15. The third-order valence-corrected chi connectivity index (χ3v) is 7.56. The van der Waals surface area contributed by atoms with Crippen molar-refractivity contribution in [2.45, 2.75) is 40.2 Å². The minimum Gasteiger partial charge on any atom is -0.374 e. The van der Waals surface area contributed by atoms with Gasteiger partial charge in [0.25, 0.3) is 0 Å². The normalized spacial score (nSPS) is 11.4. The van der Waals surface area contributed by atoms with E-state index in [-0.39, 0.29) is 0 Å². The molecule has 0 aromatic heterocycles. The molecule has 0 fully saturated rings. The largest absolute Gasteiger partial charge is 0.500 e. The standard InChI is InChI=1S/C14H10.C9H22O3Si/c1-2-6-12-10-14-8-4-3-7-13(14)9-11(12)5-1;1-5-9-13(10-6-2,11-7-3)12-8-4/h1-10H;5-9H2,1-4H3. The minimum absolute atomic E-state index is 0.673. The molecule has 0 atom stereocenters. The molecule has 0 aliphatic heterocycles. The van der Waals surface area contributed by atoms with Crippen LogP contribution >= 0.6 is 0 Å². The van der Waals surface area contributed by atoms with Gasteiger partial charge in [0.1, 0.15) is 0 Å². The van der Waals surface area contributed by atoms with Gasteiger partial charge in [0, 0.05) is 25.9 Å². The first-order valence-electron chi connectivity index (χ1n) is 9.97. The van der Waals surface area contributed by atoms with Crippen LogP contribution in [0.4, 0.5) is 0 Å². The molecule has 4 heteroatoms. The van der Waals surface area contributed by atoms with Gasteiger partial charge in [-0.2, -0.15) is 0 Å². The zero-order valence-electron chi connectivity index (χ0n) is 17.0. The number of fused-ring (bicyclic) bond motifs is 2. The van der Waals surface area contributed by atoms with Crippen molar-refractivity contribution in [1.29, 1.82) is 0 Å². The molecular weight excluding hydrogens is 352 g/mol. The maximum atomic E-state index is 5.65. The van der Waals surface area contributed by atoms with Crippen LogP contribution in [-0.2, 0) is 13.3 Å². The van der Waals surface area contributed by atoms with E-state index < -0.39 is 8.80 Å². The maximum Gasteiger partial charge on any atom is 0.500 e. The summed E-state index contributed by atoms with van der Waals surface area (Å²) < 4.78 is 16.9. The van der Waals surface area contributed by atoms with Crippen molar-refractivity contribution in [2.75, 3.05) is 19.8 Å². The van der Waals surface area contributed by atoms with Crippen LogP contribution in [0.25, 0.3) is 21.5 Å². The zero-order chi connectivity index (χ0) is 19.5. The van der Waals surface area contributed by atoms with Crippen LogP contribution < -0.4 is 0 Å². The Morgan fingerprint density at radius 1 is 0.593 bits per heavy atom. The predicted molar refractivity (Wildman–Crippen MR) is 117 cm³/mol. The Bertz CT molecular complexity index is 684. The average Bonchev–Trinajstić information content (AvgIpc) is 2.68. The van der Waals surface area contributed by atoms with Gasteiger partial charge in [-0.25, -0.2) is 0 Å². The van der Waals surface area contributed by atoms with Crippen LogP contribution in [0.1, 0.15) is 34.1 Å². The molecule has 0 radical (unpaired) electrons. The topological polar surface area (TPSA) is 27.7 Å². The molecule has 27 heavy (non-hydrogen) atoms. The van der Waals surface area contributed by atoms with Gasteiger partial charge in [0.15, 0.2) is 0 Å². The molecule has 3 aromatic rings. The Balaban J connectivity index is 0.000000195. The van der Waals surface area contributed by atoms with E-state index in [1.807, 2.05) is 20.8 Å². The lowest BCUT2D eigenvalue weighted by Crippen LogP contribution is -2.45. The van der Waals surface area contributed by atoms with Gasteiger partial charge in [-0.05, 0) is 54.4 Å². The fraction of sp³-hybridized carbons (Fsp3) is 0.391. The summed E-state index contributed by atoms with van der Waals surface area (Å²) in [6, 6.07) is 22.3. The van der Waals surface area contributed by atoms with Gasteiger partial charge in [-0.15, -0.1) is 0 Å². The molecule has 0 heterocycles. The van der Waals surface area contributed by atoms with Gasteiger partial charge in [-0.1, -0.05) is 61.9 Å². The lowest BCUT2D eigenvalue weighted by Gasteiger charge is -2.27. The van der Waals surface area contributed by atoms with Crippen LogP contribution in [0.15, 0.2) is 60.7 Å². The second-order valence-electron chi connectivity index (χ2n) is 6.28. The second-order valence-corrected chi connectivity index (χ2v) is 9.01. The Morgan fingerprint density at radius 3 is 1.19 bits per heavy atom. The minimum atomic E-state index is -2.30. The van der Waals surface area contributed by atoms with E-state index in [4.69, 9.17) is 13.3 Å². The molecule has 146 valence electrons. The first kappa shape index (κ1) is 21.6. The molecule has 3 aromatic carbocycles. The van der Waals surface area contributed by atoms with Crippen molar-refractivity contribution in [3.05, 3.63) is 60.7 Å². The van der Waals surface area contributed by atoms with Gasteiger partial charge in [0.2, 0.25) is 0 Å². The molecule has 0 saturated heterocycles. The van der Waals surface area contributed by atoms with Crippen molar-refractivity contribution in [3.63, 3.8) is 0 Å². The molecule has 0 amide bonds. The molecule has 3 rings (SSSR count). The van der Waals surface area contributed by atoms with E-state index >= 15 is 0 Å². The number of hydrogen-bond acceptors (Lipinski definition) is 3. The van der Waals surface area contributed by atoms with E-state index in [2.05, 4.69) is 67.6 Å². The van der Waals surface area contributed by atoms with E-state index in [0.717, 1.165) is 12.5 Å². The number of benzene rings is 3. The van der Waals surface area contributed by atoms with Crippen LogP contribution in [0.2, 0.25) is 6.04 Å². The quantitative estimate of drug-likeness (QED) is 0.330. The molecule has 0 saturated carbocycles. The first-order valence-corrected chi connectivity index (χ1v) is 11.9.